The highest BCUT2D eigenvalue weighted by Crippen LogP contribution is 2.40. The number of hydrogen-bond acceptors (Lipinski definition) is 8. The average Bonchev–Trinajstić information content (AvgIpc) is 3.40. The molecule has 2 amide bonds. The molecule has 10 nitrogen and oxygen atoms in total. The number of carbonyl (C=O) groups is 2. The van der Waals surface area contributed by atoms with E-state index in [2.05, 4.69) is 25.8 Å². The highest BCUT2D eigenvalue weighted by atomic mass is 32.1. The van der Waals surface area contributed by atoms with Crippen molar-refractivity contribution in [3.05, 3.63) is 30.2 Å². The summed E-state index contributed by atoms with van der Waals surface area (Å²) in [5.41, 5.74) is 3.21. The number of hydrogen-bond donors (Lipinski definition) is 3. The summed E-state index contributed by atoms with van der Waals surface area (Å²) in [6.45, 7) is 3.82. The van der Waals surface area contributed by atoms with Gasteiger partial charge in [-0.3, -0.25) is 4.79 Å². The summed E-state index contributed by atoms with van der Waals surface area (Å²) in [4.78, 5) is 27.9. The lowest BCUT2D eigenvalue weighted by Gasteiger charge is -2.20. The van der Waals surface area contributed by atoms with Gasteiger partial charge in [-0.25, -0.2) is 9.78 Å². The molecule has 3 N–H and O–H groups in total. The van der Waals surface area contributed by atoms with Crippen LogP contribution in [-0.2, 0) is 4.79 Å². The molecule has 1 unspecified atom stereocenters. The molecule has 3 rings (SSSR count). The molecule has 0 bridgehead atoms. The van der Waals surface area contributed by atoms with E-state index in [9.17, 15) is 9.59 Å². The number of anilines is 1. The Morgan fingerprint density at radius 2 is 2.10 bits per heavy atom. The predicted octanol–water partition coefficient (Wildman–Crippen LogP) is 3.49. The molecule has 2 aromatic heterocycles. The SMILES string of the molecule is COc1cc(NC(=O)C(CC(C)C)NC(=O)O)c(-c2nncs2)cc1-c1cnco1. The van der Waals surface area contributed by atoms with E-state index in [1.54, 1.807) is 23.8 Å². The molecule has 0 aliphatic carbocycles. The predicted molar refractivity (Wildman–Crippen MR) is 110 cm³/mol. The molecule has 11 heteroatoms. The number of amides is 2. The molecule has 0 radical (unpaired) electrons. The molecule has 0 spiro atoms. The molecule has 1 atom stereocenters. The number of methoxy groups -OCH3 is 1. The largest absolute Gasteiger partial charge is 0.496 e. The lowest BCUT2D eigenvalue weighted by Crippen LogP contribution is -2.44. The van der Waals surface area contributed by atoms with E-state index < -0.39 is 18.0 Å². The van der Waals surface area contributed by atoms with Crippen molar-refractivity contribution in [2.24, 2.45) is 5.92 Å². The molecule has 3 aromatic rings. The molecule has 2 heterocycles. The van der Waals surface area contributed by atoms with Crippen molar-refractivity contribution in [2.75, 3.05) is 12.4 Å². The summed E-state index contributed by atoms with van der Waals surface area (Å²) in [5.74, 6) is 0.563. The molecule has 1 aromatic carbocycles. The Bertz CT molecular complexity index is 1000. The van der Waals surface area contributed by atoms with Gasteiger partial charge in [0.2, 0.25) is 5.91 Å². The van der Waals surface area contributed by atoms with E-state index in [4.69, 9.17) is 14.3 Å². The van der Waals surface area contributed by atoms with Gasteiger partial charge in [0.1, 0.15) is 22.3 Å². The Balaban J connectivity index is 2.02. The number of carbonyl (C=O) groups excluding carboxylic acids is 1. The molecular formula is C19H21N5O5S. The molecule has 158 valence electrons. The van der Waals surface area contributed by atoms with E-state index >= 15 is 0 Å². The first-order chi connectivity index (χ1) is 14.4. The minimum absolute atomic E-state index is 0.110. The van der Waals surface area contributed by atoms with Crippen LogP contribution in [0.3, 0.4) is 0 Å². The van der Waals surface area contributed by atoms with Crippen LogP contribution >= 0.6 is 11.3 Å². The molecular weight excluding hydrogens is 410 g/mol. The fourth-order valence-corrected chi connectivity index (χ4v) is 3.52. The van der Waals surface area contributed by atoms with E-state index in [0.717, 1.165) is 0 Å². The third-order valence-corrected chi connectivity index (χ3v) is 4.93. The zero-order valence-electron chi connectivity index (χ0n) is 16.6. The summed E-state index contributed by atoms with van der Waals surface area (Å²) >= 11 is 1.30. The summed E-state index contributed by atoms with van der Waals surface area (Å²) in [6, 6.07) is 2.49. The van der Waals surface area contributed by atoms with Gasteiger partial charge in [0.25, 0.3) is 0 Å². The van der Waals surface area contributed by atoms with Crippen LogP contribution in [0.1, 0.15) is 20.3 Å². The minimum atomic E-state index is -1.27. The van der Waals surface area contributed by atoms with Gasteiger partial charge in [-0.2, -0.15) is 0 Å². The number of aromatic nitrogens is 3. The van der Waals surface area contributed by atoms with Gasteiger partial charge in [0.15, 0.2) is 12.2 Å². The monoisotopic (exact) mass is 431 g/mol. The summed E-state index contributed by atoms with van der Waals surface area (Å²) in [5, 5.41) is 22.7. The Hall–Kier alpha value is -3.47. The molecule has 0 saturated heterocycles. The number of oxazole rings is 1. The number of benzene rings is 1. The topological polar surface area (TPSA) is 139 Å². The lowest BCUT2D eigenvalue weighted by molar-refractivity contribution is -0.118. The minimum Gasteiger partial charge on any atom is -0.496 e. The smallest absolute Gasteiger partial charge is 0.405 e. The van der Waals surface area contributed by atoms with Crippen LogP contribution in [0.5, 0.6) is 5.75 Å². The number of ether oxygens (including phenoxy) is 1. The number of nitrogens with zero attached hydrogens (tertiary/aromatic N) is 3. The summed E-state index contributed by atoms with van der Waals surface area (Å²) in [6.07, 6.45) is 1.94. The van der Waals surface area contributed by atoms with Gasteiger partial charge in [0, 0.05) is 11.6 Å². The quantitative estimate of drug-likeness (QED) is 0.492. The zero-order chi connectivity index (χ0) is 21.7. The van der Waals surface area contributed by atoms with Crippen molar-refractivity contribution >= 4 is 29.0 Å². The van der Waals surface area contributed by atoms with Gasteiger partial charge < -0.3 is 24.9 Å². The van der Waals surface area contributed by atoms with Crippen molar-refractivity contribution in [3.63, 3.8) is 0 Å². The summed E-state index contributed by atoms with van der Waals surface area (Å²) in [7, 11) is 1.50. The van der Waals surface area contributed by atoms with Crippen molar-refractivity contribution in [1.29, 1.82) is 0 Å². The van der Waals surface area contributed by atoms with Gasteiger partial charge in [-0.15, -0.1) is 10.2 Å². The third kappa shape index (κ3) is 4.92. The summed E-state index contributed by atoms with van der Waals surface area (Å²) < 4.78 is 10.9. The number of nitrogens with one attached hydrogen (secondary N) is 2. The second-order valence-corrected chi connectivity index (χ2v) is 7.66. The molecule has 0 aliphatic heterocycles. The Morgan fingerprint density at radius 3 is 2.67 bits per heavy atom. The van der Waals surface area contributed by atoms with E-state index in [1.165, 1.54) is 24.8 Å². The van der Waals surface area contributed by atoms with Crippen molar-refractivity contribution in [2.45, 2.75) is 26.3 Å². The first-order valence-electron chi connectivity index (χ1n) is 9.06. The van der Waals surface area contributed by atoms with Crippen LogP contribution in [0.2, 0.25) is 0 Å². The maximum Gasteiger partial charge on any atom is 0.405 e. The van der Waals surface area contributed by atoms with Crippen molar-refractivity contribution in [3.8, 4) is 27.6 Å². The first kappa shape index (κ1) is 21.2. The highest BCUT2D eigenvalue weighted by Gasteiger charge is 2.24. The first-order valence-corrected chi connectivity index (χ1v) is 9.94. The zero-order valence-corrected chi connectivity index (χ0v) is 17.4. The van der Waals surface area contributed by atoms with Gasteiger partial charge in [0.05, 0.1) is 24.6 Å². The maximum atomic E-state index is 12.9. The Morgan fingerprint density at radius 1 is 1.30 bits per heavy atom. The Labute approximate surface area is 176 Å². The fourth-order valence-electron chi connectivity index (χ4n) is 2.93. The van der Waals surface area contributed by atoms with Gasteiger partial charge >= 0.3 is 6.09 Å². The second kappa shape index (κ2) is 9.35. The van der Waals surface area contributed by atoms with Gasteiger partial charge in [-0.05, 0) is 18.4 Å². The van der Waals surface area contributed by atoms with Gasteiger partial charge in [-0.1, -0.05) is 25.2 Å². The highest BCUT2D eigenvalue weighted by molar-refractivity contribution is 7.12. The van der Waals surface area contributed by atoms with Crippen LogP contribution in [0, 0.1) is 5.92 Å². The standard InChI is InChI=1S/C19H21N5O5S/c1-10(2)4-14(23-19(26)27)17(25)22-13-6-15(28-3)12(16-7-20-8-29-16)5-11(13)18-24-21-9-30-18/h5-10,14,23H,4H2,1-3H3,(H,22,25)(H,26,27). The number of rotatable bonds is 8. The molecule has 0 saturated carbocycles. The van der Waals surface area contributed by atoms with Crippen LogP contribution in [-0.4, -0.2) is 45.4 Å². The number of carboxylic acid groups (broad SMARTS) is 1. The Kier molecular flexibility index (Phi) is 6.62. The van der Waals surface area contributed by atoms with Crippen LogP contribution in [0.25, 0.3) is 21.9 Å². The lowest BCUT2D eigenvalue weighted by atomic mass is 10.0. The molecule has 0 aliphatic rings. The van der Waals surface area contributed by atoms with Crippen molar-refractivity contribution < 1.29 is 23.8 Å². The van der Waals surface area contributed by atoms with Crippen molar-refractivity contribution in [1.82, 2.24) is 20.5 Å². The maximum absolute atomic E-state index is 12.9. The van der Waals surface area contributed by atoms with E-state index in [-0.39, 0.29) is 5.92 Å². The second-order valence-electron chi connectivity index (χ2n) is 6.83. The average molecular weight is 431 g/mol. The normalized spacial score (nSPS) is 11.9. The third-order valence-electron chi connectivity index (χ3n) is 4.21. The molecule has 30 heavy (non-hydrogen) atoms. The molecule has 0 fully saturated rings. The van der Waals surface area contributed by atoms with Crippen LogP contribution in [0.15, 0.2) is 34.7 Å². The van der Waals surface area contributed by atoms with Crippen LogP contribution < -0.4 is 15.4 Å². The fraction of sp³-hybridized carbons (Fsp3) is 0.316. The van der Waals surface area contributed by atoms with E-state index in [0.29, 0.717) is 39.8 Å². The van der Waals surface area contributed by atoms with Crippen LogP contribution in [0.4, 0.5) is 10.5 Å². The van der Waals surface area contributed by atoms with E-state index in [1.807, 2.05) is 13.8 Å².